The third kappa shape index (κ3) is 4.91. The molecule has 7 heteroatoms. The molecule has 2 rings (SSSR count). The number of rotatable bonds is 6. The number of anilines is 1. The Balaban J connectivity index is 1.81. The Bertz CT molecular complexity index is 701. The number of urea groups is 1. The van der Waals surface area contributed by atoms with Gasteiger partial charge in [0.2, 0.25) is 0 Å². The normalized spacial score (nSPS) is 9.88. The van der Waals surface area contributed by atoms with Crippen molar-refractivity contribution in [1.29, 1.82) is 0 Å². The van der Waals surface area contributed by atoms with Gasteiger partial charge in [0.15, 0.2) is 18.2 Å². The number of nitrogens with two attached hydrogens (primary N) is 1. The molecular weight excluding hydrogens is 310 g/mol. The molecule has 0 spiro atoms. The van der Waals surface area contributed by atoms with Crippen LogP contribution in [0.1, 0.15) is 17.3 Å². The van der Waals surface area contributed by atoms with Crippen LogP contribution in [0.25, 0.3) is 0 Å². The van der Waals surface area contributed by atoms with Crippen molar-refractivity contribution >= 4 is 17.6 Å². The fraction of sp³-hybridized carbons (Fsp3) is 0.176. The molecule has 0 saturated heterocycles. The van der Waals surface area contributed by atoms with Crippen LogP contribution in [-0.4, -0.2) is 25.3 Å². The zero-order chi connectivity index (χ0) is 17.4. The first-order valence-electron chi connectivity index (χ1n) is 7.39. The highest BCUT2D eigenvalue weighted by molar-refractivity contribution is 6.04. The van der Waals surface area contributed by atoms with E-state index in [2.05, 4.69) is 10.6 Å². The van der Waals surface area contributed by atoms with Gasteiger partial charge in [-0.3, -0.25) is 10.1 Å². The lowest BCUT2D eigenvalue weighted by Gasteiger charge is -2.12. The Kier molecular flexibility index (Phi) is 6.01. The third-order valence-corrected chi connectivity index (χ3v) is 3.01. The summed E-state index contributed by atoms with van der Waals surface area (Å²) in [6.45, 7) is 2.26. The van der Waals surface area contributed by atoms with E-state index in [0.717, 1.165) is 0 Å². The van der Waals surface area contributed by atoms with Crippen LogP contribution in [-0.2, 0) is 0 Å². The quantitative estimate of drug-likeness (QED) is 0.556. The molecule has 3 amide bonds. The summed E-state index contributed by atoms with van der Waals surface area (Å²) >= 11 is 0. The molecule has 7 nitrogen and oxygen atoms in total. The first kappa shape index (κ1) is 17.1. The Morgan fingerprint density at radius 1 is 1.00 bits per heavy atom. The average Bonchev–Trinajstić information content (AvgIpc) is 2.57. The molecule has 0 fully saturated rings. The van der Waals surface area contributed by atoms with Crippen molar-refractivity contribution in [1.82, 2.24) is 10.6 Å². The van der Waals surface area contributed by atoms with Crippen LogP contribution >= 0.6 is 0 Å². The van der Waals surface area contributed by atoms with Gasteiger partial charge in [-0.05, 0) is 43.3 Å². The molecule has 0 bridgehead atoms. The standard InChI is InChI=1S/C17H19N3O4/c1-2-23-14-5-3-4-6-15(14)24-11-19-17(22)20-16(21)12-7-9-13(18)10-8-12/h3-10H,2,11,18H2,1H3,(H2,19,20,21,22). The van der Waals surface area contributed by atoms with Crippen LogP contribution < -0.4 is 25.8 Å². The maximum atomic E-state index is 11.9. The van der Waals surface area contributed by atoms with E-state index in [1.165, 1.54) is 12.1 Å². The minimum absolute atomic E-state index is 0.106. The van der Waals surface area contributed by atoms with E-state index in [4.69, 9.17) is 15.2 Å². The number of hydrogen-bond donors (Lipinski definition) is 3. The van der Waals surface area contributed by atoms with Crippen LogP contribution in [0.2, 0.25) is 0 Å². The summed E-state index contributed by atoms with van der Waals surface area (Å²) in [5, 5.41) is 4.64. The number of amides is 3. The SMILES string of the molecule is CCOc1ccccc1OCNC(=O)NC(=O)c1ccc(N)cc1. The summed E-state index contributed by atoms with van der Waals surface area (Å²) in [4.78, 5) is 23.6. The number of hydrogen-bond acceptors (Lipinski definition) is 5. The van der Waals surface area contributed by atoms with E-state index in [1.807, 2.05) is 13.0 Å². The monoisotopic (exact) mass is 329 g/mol. The summed E-state index contributed by atoms with van der Waals surface area (Å²) in [7, 11) is 0. The van der Waals surface area contributed by atoms with E-state index in [1.54, 1.807) is 30.3 Å². The minimum Gasteiger partial charge on any atom is -0.490 e. The minimum atomic E-state index is -0.661. The van der Waals surface area contributed by atoms with E-state index >= 15 is 0 Å². The van der Waals surface area contributed by atoms with Crippen molar-refractivity contribution in [2.45, 2.75) is 6.92 Å². The van der Waals surface area contributed by atoms with Gasteiger partial charge in [0.25, 0.3) is 5.91 Å². The summed E-state index contributed by atoms with van der Waals surface area (Å²) in [6.07, 6.45) is 0. The fourth-order valence-corrected chi connectivity index (χ4v) is 1.88. The van der Waals surface area contributed by atoms with Crippen molar-refractivity contribution in [2.24, 2.45) is 0 Å². The lowest BCUT2D eigenvalue weighted by atomic mass is 10.2. The first-order chi connectivity index (χ1) is 11.6. The summed E-state index contributed by atoms with van der Waals surface area (Å²) in [6, 6.07) is 12.7. The highest BCUT2D eigenvalue weighted by atomic mass is 16.5. The summed E-state index contributed by atoms with van der Waals surface area (Å²) < 4.78 is 10.8. The Morgan fingerprint density at radius 3 is 2.25 bits per heavy atom. The largest absolute Gasteiger partial charge is 0.490 e. The second-order valence-electron chi connectivity index (χ2n) is 4.75. The van der Waals surface area contributed by atoms with Gasteiger partial charge in [-0.1, -0.05) is 12.1 Å². The number of ether oxygens (including phenoxy) is 2. The maximum absolute atomic E-state index is 11.9. The van der Waals surface area contributed by atoms with Gasteiger partial charge >= 0.3 is 6.03 Å². The van der Waals surface area contributed by atoms with Gasteiger partial charge in [-0.15, -0.1) is 0 Å². The Labute approximate surface area is 139 Å². The average molecular weight is 329 g/mol. The molecule has 0 aliphatic heterocycles. The van der Waals surface area contributed by atoms with Crippen molar-refractivity contribution in [3.63, 3.8) is 0 Å². The zero-order valence-corrected chi connectivity index (χ0v) is 13.2. The van der Waals surface area contributed by atoms with E-state index in [0.29, 0.717) is 29.4 Å². The molecule has 0 radical (unpaired) electrons. The van der Waals surface area contributed by atoms with Crippen LogP contribution in [0.5, 0.6) is 11.5 Å². The van der Waals surface area contributed by atoms with Crippen molar-refractivity contribution in [2.75, 3.05) is 19.1 Å². The molecule has 0 aliphatic carbocycles. The molecule has 0 saturated carbocycles. The molecule has 126 valence electrons. The van der Waals surface area contributed by atoms with Crippen LogP contribution in [0.3, 0.4) is 0 Å². The highest BCUT2D eigenvalue weighted by Gasteiger charge is 2.10. The molecule has 0 atom stereocenters. The number of benzene rings is 2. The summed E-state index contributed by atoms with van der Waals surface area (Å²) in [5.41, 5.74) is 6.42. The van der Waals surface area contributed by atoms with E-state index < -0.39 is 11.9 Å². The molecule has 0 aromatic heterocycles. The predicted octanol–water partition coefficient (Wildman–Crippen LogP) is 2.14. The second kappa shape index (κ2) is 8.42. The molecule has 0 unspecified atom stereocenters. The fourth-order valence-electron chi connectivity index (χ4n) is 1.88. The molecule has 4 N–H and O–H groups in total. The third-order valence-electron chi connectivity index (χ3n) is 3.01. The summed E-state index contributed by atoms with van der Waals surface area (Å²) in [5.74, 6) is 0.562. The first-order valence-corrected chi connectivity index (χ1v) is 7.39. The number of para-hydroxylation sites is 2. The van der Waals surface area contributed by atoms with Gasteiger partial charge < -0.3 is 20.5 Å². The number of nitrogens with one attached hydrogen (secondary N) is 2. The molecule has 0 aliphatic rings. The van der Waals surface area contributed by atoms with Crippen LogP contribution in [0.4, 0.5) is 10.5 Å². The number of carbonyl (C=O) groups excluding carboxylic acids is 2. The molecule has 24 heavy (non-hydrogen) atoms. The van der Waals surface area contributed by atoms with Gasteiger partial charge in [0, 0.05) is 11.3 Å². The lowest BCUT2D eigenvalue weighted by Crippen LogP contribution is -2.41. The van der Waals surface area contributed by atoms with Crippen molar-refractivity contribution in [3.05, 3.63) is 54.1 Å². The van der Waals surface area contributed by atoms with Gasteiger partial charge in [-0.2, -0.15) is 0 Å². The van der Waals surface area contributed by atoms with Crippen molar-refractivity contribution < 1.29 is 19.1 Å². The van der Waals surface area contributed by atoms with Gasteiger partial charge in [-0.25, -0.2) is 4.79 Å². The van der Waals surface area contributed by atoms with Crippen molar-refractivity contribution in [3.8, 4) is 11.5 Å². The molecule has 2 aromatic rings. The van der Waals surface area contributed by atoms with E-state index in [-0.39, 0.29) is 6.73 Å². The Hall–Kier alpha value is -3.22. The van der Waals surface area contributed by atoms with Crippen LogP contribution in [0, 0.1) is 0 Å². The molecule has 0 heterocycles. The highest BCUT2D eigenvalue weighted by Crippen LogP contribution is 2.25. The molecular formula is C17H19N3O4. The number of carbonyl (C=O) groups is 2. The predicted molar refractivity (Wildman–Crippen MR) is 90.0 cm³/mol. The van der Waals surface area contributed by atoms with E-state index in [9.17, 15) is 9.59 Å². The van der Waals surface area contributed by atoms with Gasteiger partial charge in [0.1, 0.15) is 0 Å². The smallest absolute Gasteiger partial charge is 0.324 e. The molecule has 2 aromatic carbocycles. The number of imide groups is 1. The zero-order valence-electron chi connectivity index (χ0n) is 13.2. The van der Waals surface area contributed by atoms with Crippen LogP contribution in [0.15, 0.2) is 48.5 Å². The van der Waals surface area contributed by atoms with Gasteiger partial charge in [0.05, 0.1) is 6.61 Å². The maximum Gasteiger partial charge on any atom is 0.324 e. The number of nitrogen functional groups attached to an aromatic ring is 1. The second-order valence-corrected chi connectivity index (χ2v) is 4.75. The lowest BCUT2D eigenvalue weighted by molar-refractivity contribution is 0.0962. The topological polar surface area (TPSA) is 103 Å². The Morgan fingerprint density at radius 2 is 1.62 bits per heavy atom.